The summed E-state index contributed by atoms with van der Waals surface area (Å²) in [5.74, 6) is -5.29. The highest BCUT2D eigenvalue weighted by Crippen LogP contribution is 2.13. The number of hydrogen-bond donors (Lipinski definition) is 12. The second-order valence-corrected chi connectivity index (χ2v) is 13.6. The Morgan fingerprint density at radius 3 is 1.84 bits per heavy atom. The van der Waals surface area contributed by atoms with Gasteiger partial charge < -0.3 is 64.6 Å². The van der Waals surface area contributed by atoms with Crippen molar-refractivity contribution in [2.45, 2.75) is 101 Å². The predicted octanol–water partition coefficient (Wildman–Crippen LogP) is -1.94. The topological polar surface area (TPSA) is 339 Å². The van der Waals surface area contributed by atoms with Gasteiger partial charge in [-0.15, -0.1) is 0 Å². The normalized spacial score (nSPS) is 21.0. The Morgan fingerprint density at radius 1 is 0.782 bits per heavy atom. The first-order valence-corrected chi connectivity index (χ1v) is 18.0. The molecule has 0 aromatic heterocycles. The summed E-state index contributed by atoms with van der Waals surface area (Å²) in [6, 6.07) is -3.32. The molecule has 0 radical (unpaired) electrons. The van der Waals surface area contributed by atoms with E-state index in [2.05, 4.69) is 37.2 Å². The standard InChI is InChI=1S/C35H54N10O10/c1-19(2)17-27(33(52)53)45-32(51)26(18-20-11-13-21(46)14-12-20)44-31(50)23-8-4-3-7-22(36)28(47)41-24(9-5-15-39-34(37)54)29(48)43-25(30(49)42-23)10-6-16-40-35(38)55/h3-4,11-14,19,22-27,46H,5-10,15-18,36H2,1-2H3,(H,41,47)(H,42,49)(H,43,48)(H,44,50)(H,45,51)(H,52,53)(H3,37,39,54)(H3,38,40,55)/b4-3+/t22-,23-,24-,25-,26-,27-/m0/s1. The van der Waals surface area contributed by atoms with Crippen molar-refractivity contribution < 1.29 is 48.6 Å². The number of phenols is 1. The summed E-state index contributed by atoms with van der Waals surface area (Å²) in [7, 11) is 0. The Bertz CT molecular complexity index is 1540. The molecule has 1 aromatic rings. The number of urea groups is 2. The maximum Gasteiger partial charge on any atom is 0.326 e. The van der Waals surface area contributed by atoms with Gasteiger partial charge in [0.2, 0.25) is 29.5 Å². The Kier molecular flexibility index (Phi) is 18.9. The first-order chi connectivity index (χ1) is 26.0. The minimum Gasteiger partial charge on any atom is -0.508 e. The molecule has 304 valence electrons. The largest absolute Gasteiger partial charge is 0.508 e. The quantitative estimate of drug-likeness (QED) is 0.0610. The lowest BCUT2D eigenvalue weighted by Crippen LogP contribution is -2.59. The number of aliphatic carboxylic acids is 1. The minimum atomic E-state index is -1.35. The summed E-state index contributed by atoms with van der Waals surface area (Å²) in [6.07, 6.45) is 3.19. The Labute approximate surface area is 318 Å². The lowest BCUT2D eigenvalue weighted by molar-refractivity contribution is -0.142. The number of carboxylic acid groups (broad SMARTS) is 1. The average molecular weight is 775 g/mol. The second-order valence-electron chi connectivity index (χ2n) is 13.6. The maximum atomic E-state index is 13.9. The van der Waals surface area contributed by atoms with Crippen molar-refractivity contribution in [3.05, 3.63) is 42.0 Å². The zero-order chi connectivity index (χ0) is 41.1. The van der Waals surface area contributed by atoms with Crippen LogP contribution in [0, 0.1) is 5.92 Å². The number of phenolic OH excluding ortho intramolecular Hbond substituents is 1. The summed E-state index contributed by atoms with van der Waals surface area (Å²) in [6.45, 7) is 3.70. The molecule has 9 amide bonds. The van der Waals surface area contributed by atoms with Crippen LogP contribution in [0.5, 0.6) is 5.75 Å². The van der Waals surface area contributed by atoms with E-state index >= 15 is 0 Å². The van der Waals surface area contributed by atoms with E-state index in [-0.39, 0.29) is 76.1 Å². The summed E-state index contributed by atoms with van der Waals surface area (Å²) in [4.78, 5) is 102. The molecule has 55 heavy (non-hydrogen) atoms. The molecule has 6 atom stereocenters. The third kappa shape index (κ3) is 17.2. The van der Waals surface area contributed by atoms with Crippen molar-refractivity contribution in [1.29, 1.82) is 0 Å². The van der Waals surface area contributed by atoms with Gasteiger partial charge in [-0.1, -0.05) is 38.1 Å². The van der Waals surface area contributed by atoms with E-state index in [0.717, 1.165) is 0 Å². The number of hydrogen-bond acceptors (Lipinski definition) is 10. The van der Waals surface area contributed by atoms with E-state index in [9.17, 15) is 48.6 Å². The highest BCUT2D eigenvalue weighted by Gasteiger charge is 2.33. The number of nitrogens with two attached hydrogens (primary N) is 3. The summed E-state index contributed by atoms with van der Waals surface area (Å²) < 4.78 is 0. The molecule has 1 aliphatic rings. The zero-order valence-corrected chi connectivity index (χ0v) is 31.0. The highest BCUT2D eigenvalue weighted by atomic mass is 16.4. The molecule has 20 heteroatoms. The fourth-order valence-corrected chi connectivity index (χ4v) is 5.52. The van der Waals surface area contributed by atoms with Gasteiger partial charge in [-0.05, 0) is 68.6 Å². The molecule has 1 aliphatic heterocycles. The lowest BCUT2D eigenvalue weighted by atomic mass is 10.0. The number of rotatable bonds is 17. The van der Waals surface area contributed by atoms with Crippen molar-refractivity contribution in [3.63, 3.8) is 0 Å². The van der Waals surface area contributed by atoms with Gasteiger partial charge in [0.25, 0.3) is 0 Å². The molecule has 0 unspecified atom stereocenters. The molecule has 0 saturated heterocycles. The van der Waals surface area contributed by atoms with E-state index < -0.39 is 83.8 Å². The highest BCUT2D eigenvalue weighted by molar-refractivity contribution is 5.96. The lowest BCUT2D eigenvalue weighted by Gasteiger charge is -2.27. The van der Waals surface area contributed by atoms with Crippen LogP contribution in [0.25, 0.3) is 0 Å². The van der Waals surface area contributed by atoms with Crippen LogP contribution in [0.2, 0.25) is 0 Å². The van der Waals surface area contributed by atoms with Crippen molar-refractivity contribution in [2.24, 2.45) is 23.1 Å². The van der Waals surface area contributed by atoms with Crippen LogP contribution in [0.15, 0.2) is 36.4 Å². The molecule has 0 saturated carbocycles. The molecule has 1 heterocycles. The van der Waals surface area contributed by atoms with Gasteiger partial charge in [-0.2, -0.15) is 0 Å². The van der Waals surface area contributed by atoms with Gasteiger partial charge in [0.1, 0.15) is 36.0 Å². The number of nitrogens with one attached hydrogen (secondary N) is 7. The molecule has 1 aromatic carbocycles. The molecule has 20 nitrogen and oxygen atoms in total. The zero-order valence-electron chi connectivity index (χ0n) is 31.0. The van der Waals surface area contributed by atoms with E-state index in [1.807, 2.05) is 0 Å². The molecular weight excluding hydrogens is 720 g/mol. The number of aromatic hydroxyl groups is 1. The van der Waals surface area contributed by atoms with Crippen LogP contribution in [-0.2, 0) is 35.2 Å². The summed E-state index contributed by atoms with van der Waals surface area (Å²) >= 11 is 0. The van der Waals surface area contributed by atoms with Crippen molar-refractivity contribution in [3.8, 4) is 5.75 Å². The van der Waals surface area contributed by atoms with Gasteiger partial charge in [-0.3, -0.25) is 24.0 Å². The average Bonchev–Trinajstić information content (AvgIpc) is 3.11. The van der Waals surface area contributed by atoms with Crippen LogP contribution in [-0.4, -0.2) is 107 Å². The molecule has 15 N–H and O–H groups in total. The molecule has 0 aliphatic carbocycles. The van der Waals surface area contributed by atoms with Crippen LogP contribution >= 0.6 is 0 Å². The number of carbonyl (C=O) groups is 8. The number of benzene rings is 1. The fraction of sp³-hybridized carbons (Fsp3) is 0.543. The molecule has 0 fully saturated rings. The number of primary amides is 2. The first-order valence-electron chi connectivity index (χ1n) is 18.0. The summed E-state index contributed by atoms with van der Waals surface area (Å²) in [5, 5.41) is 37.2. The predicted molar refractivity (Wildman–Crippen MR) is 199 cm³/mol. The maximum absolute atomic E-state index is 13.9. The second kappa shape index (κ2) is 23.0. The van der Waals surface area contributed by atoms with Crippen molar-refractivity contribution in [1.82, 2.24) is 37.2 Å². The SMILES string of the molecule is CC(C)C[C@H](NC(=O)[C@H](Cc1ccc(O)cc1)NC(=O)[C@@H]1C/C=C/C[C@H](N)C(=O)N[C@@H](CCCNC(N)=O)C(=O)N[C@@H](CCCNC(N)=O)C(=O)N1)C(=O)O. The Morgan fingerprint density at radius 2 is 1.31 bits per heavy atom. The van der Waals surface area contributed by atoms with Gasteiger partial charge in [0, 0.05) is 19.5 Å². The molecule has 0 bridgehead atoms. The van der Waals surface area contributed by atoms with Crippen LogP contribution in [0.3, 0.4) is 0 Å². The van der Waals surface area contributed by atoms with E-state index in [0.29, 0.717) is 5.56 Å². The van der Waals surface area contributed by atoms with Crippen LogP contribution < -0.4 is 54.4 Å². The first kappa shape index (κ1) is 45.2. The third-order valence-corrected chi connectivity index (χ3v) is 8.43. The Balaban J connectivity index is 2.45. The minimum absolute atomic E-state index is 0.0144. The van der Waals surface area contributed by atoms with Gasteiger partial charge in [-0.25, -0.2) is 14.4 Å². The number of amides is 9. The number of carboxylic acids is 1. The van der Waals surface area contributed by atoms with E-state index in [1.165, 1.54) is 36.4 Å². The van der Waals surface area contributed by atoms with E-state index in [1.54, 1.807) is 13.8 Å². The number of carbonyl (C=O) groups excluding carboxylic acids is 7. The van der Waals surface area contributed by atoms with Crippen molar-refractivity contribution in [2.75, 3.05) is 13.1 Å². The van der Waals surface area contributed by atoms with Crippen LogP contribution in [0.1, 0.15) is 64.4 Å². The summed E-state index contributed by atoms with van der Waals surface area (Å²) in [5.41, 5.74) is 16.9. The van der Waals surface area contributed by atoms with Gasteiger partial charge in [0.05, 0.1) is 6.04 Å². The Hall–Kier alpha value is -5.92. The van der Waals surface area contributed by atoms with Crippen molar-refractivity contribution >= 4 is 47.6 Å². The monoisotopic (exact) mass is 774 g/mol. The van der Waals surface area contributed by atoms with Gasteiger partial charge in [0.15, 0.2) is 0 Å². The smallest absolute Gasteiger partial charge is 0.326 e. The van der Waals surface area contributed by atoms with Crippen LogP contribution in [0.4, 0.5) is 9.59 Å². The molecule has 2 rings (SSSR count). The van der Waals surface area contributed by atoms with E-state index in [4.69, 9.17) is 17.2 Å². The molecular formula is C35H54N10O10. The fourth-order valence-electron chi connectivity index (χ4n) is 5.52. The molecule has 0 spiro atoms. The third-order valence-electron chi connectivity index (χ3n) is 8.43. The van der Waals surface area contributed by atoms with Gasteiger partial charge >= 0.3 is 18.0 Å².